The number of nitrogens with zero attached hydrogens (tertiary/aromatic N) is 3. The van der Waals surface area contributed by atoms with Crippen LogP contribution in [0.2, 0.25) is 0 Å². The molecule has 0 radical (unpaired) electrons. The van der Waals surface area contributed by atoms with Gasteiger partial charge in [0.1, 0.15) is 16.0 Å². The summed E-state index contributed by atoms with van der Waals surface area (Å²) >= 11 is 0.784. The Labute approximate surface area is 488 Å². The third kappa shape index (κ3) is 12.6. The van der Waals surface area contributed by atoms with Gasteiger partial charge >= 0.3 is 124 Å². The summed E-state index contributed by atoms with van der Waals surface area (Å²) in [6, 6.07) is 18.5. The fourth-order valence-electron chi connectivity index (χ4n) is 8.38. The van der Waals surface area contributed by atoms with Crippen molar-refractivity contribution in [3.8, 4) is 0 Å². The molecule has 2 heterocycles. The van der Waals surface area contributed by atoms with E-state index >= 15 is 0 Å². The number of fused-ring (bicyclic) bond motifs is 2. The average molecular weight is 1040 g/mol. The Morgan fingerprint density at radius 3 is 2.23 bits per heavy atom. The standard InChI is InChI=1S/C40H33N7O15S3.4Na/c1-47-27-14-13-24(31-32(27)30(20-9-2-3-10-21(20)35(31)49)33(36(47)50)34(48)18-7-6-8-19(15-18)63-61-59-54)41-25-16-26(29(65(56,57)58)17-28(25)64-62-60-55)43-39-44-38(45-40(53)46-39)42-23-12-5-4-11-22(23)37(51)52;;;;/h2-12,15-17,24,27,30,33,41,54-55H,13-14H2,1H3,(H,51,52)(H,56,57,58)(H3,42,43,44,45,46,53);;;;/q;4*+1/p-4. The zero-order chi connectivity index (χ0) is 46.2. The number of benzene rings is 4. The van der Waals surface area contributed by atoms with Crippen LogP contribution in [0, 0.1) is 5.92 Å². The summed E-state index contributed by atoms with van der Waals surface area (Å²) in [5, 5.41) is 48.6. The van der Waals surface area contributed by atoms with Crippen molar-refractivity contribution in [1.82, 2.24) is 19.9 Å². The molecule has 4 N–H and O–H groups in total. The number of H-pyrrole nitrogens is 1. The fourth-order valence-corrected chi connectivity index (χ4v) is 9.99. The number of amides is 1. The van der Waals surface area contributed by atoms with E-state index in [1.54, 1.807) is 30.3 Å². The number of hydrogen-bond acceptors (Lipinski definition) is 22. The quantitative estimate of drug-likeness (QED) is 0.0136. The minimum Gasteiger partial charge on any atom is -0.744 e. The second kappa shape index (κ2) is 25.4. The van der Waals surface area contributed by atoms with E-state index in [0.717, 1.165) is 12.1 Å². The predicted octanol–water partition coefficient (Wildman–Crippen LogP) is -10.4. The zero-order valence-corrected chi connectivity index (χ0v) is 47.4. The van der Waals surface area contributed by atoms with Gasteiger partial charge in [-0.05, 0) is 54.3 Å². The molecule has 1 aromatic heterocycles. The normalized spacial score (nSPS) is 17.9. The number of hydrogen-bond donors (Lipinski definition) is 4. The molecule has 336 valence electrons. The third-order valence-corrected chi connectivity index (χ3v) is 13.1. The maximum atomic E-state index is 14.7. The monoisotopic (exact) mass is 1040 g/mol. The average Bonchev–Trinajstić information content (AvgIpc) is 3.28. The second-order valence-electron chi connectivity index (χ2n) is 14.5. The van der Waals surface area contributed by atoms with E-state index < -0.39 is 85.6 Å². The summed E-state index contributed by atoms with van der Waals surface area (Å²) in [4.78, 5) is 78.6. The van der Waals surface area contributed by atoms with Crippen LogP contribution in [0.1, 0.15) is 55.4 Å². The summed E-state index contributed by atoms with van der Waals surface area (Å²) < 4.78 is 47.2. The largest absolute Gasteiger partial charge is 1.00 e. The van der Waals surface area contributed by atoms with Crippen LogP contribution in [0.5, 0.6) is 0 Å². The summed E-state index contributed by atoms with van der Waals surface area (Å²) in [5.74, 6) is -6.27. The molecule has 29 heteroatoms. The molecule has 1 aliphatic heterocycles. The zero-order valence-electron chi connectivity index (χ0n) is 37.0. The number of aromatic carboxylic acids is 1. The Kier molecular flexibility index (Phi) is 21.8. The molecule has 1 saturated heterocycles. The van der Waals surface area contributed by atoms with E-state index in [0.29, 0.717) is 28.1 Å². The minimum atomic E-state index is -5.38. The van der Waals surface area contributed by atoms with Gasteiger partial charge in [-0.2, -0.15) is 18.6 Å². The summed E-state index contributed by atoms with van der Waals surface area (Å²) in [5.41, 5.74) is -0.439. The number of piperidine rings is 1. The van der Waals surface area contributed by atoms with E-state index in [1.807, 2.05) is 0 Å². The first-order valence-electron chi connectivity index (χ1n) is 19.0. The molecular weight excluding hydrogens is 1010 g/mol. The Hall–Kier alpha value is -2.52. The number of Topliss-reactive ketones (excluding diaryl/α,β-unsaturated/α-hetero) is 2. The van der Waals surface area contributed by atoms with E-state index in [1.165, 1.54) is 54.4 Å². The van der Waals surface area contributed by atoms with Crippen molar-refractivity contribution in [2.75, 3.05) is 23.0 Å². The molecule has 22 nitrogen and oxygen atoms in total. The first-order chi connectivity index (χ1) is 31.2. The Morgan fingerprint density at radius 1 is 0.826 bits per heavy atom. The second-order valence-corrected chi connectivity index (χ2v) is 17.4. The number of para-hydroxylation sites is 1. The molecular formula is C40H29N7Na4O15S3. The maximum Gasteiger partial charge on any atom is 1.00 e. The smallest absolute Gasteiger partial charge is 0.744 e. The molecule has 4 aromatic carbocycles. The number of carbonyl (C=O) groups excluding carboxylic acids is 4. The molecule has 1 fully saturated rings. The van der Waals surface area contributed by atoms with Crippen LogP contribution in [-0.4, -0.2) is 75.4 Å². The van der Waals surface area contributed by atoms with Gasteiger partial charge in [-0.25, -0.2) is 13.2 Å². The van der Waals surface area contributed by atoms with E-state index in [9.17, 15) is 52.6 Å². The van der Waals surface area contributed by atoms with Gasteiger partial charge in [-0.3, -0.25) is 29.4 Å². The van der Waals surface area contributed by atoms with Gasteiger partial charge in [-0.1, -0.05) is 54.6 Å². The van der Waals surface area contributed by atoms with Crippen LogP contribution < -0.4 is 155 Å². The van der Waals surface area contributed by atoms with E-state index in [2.05, 4.69) is 49.6 Å². The maximum absolute atomic E-state index is 14.7. The van der Waals surface area contributed by atoms with Crippen molar-refractivity contribution in [3.63, 3.8) is 0 Å². The molecule has 69 heavy (non-hydrogen) atoms. The number of anilines is 5. The molecule has 8 rings (SSSR count). The topological polar surface area (TPSA) is 330 Å². The van der Waals surface area contributed by atoms with Crippen molar-refractivity contribution >= 4 is 86.6 Å². The molecule has 2 aliphatic carbocycles. The Bertz CT molecular complexity index is 2990. The molecule has 4 atom stereocenters. The Balaban J connectivity index is 0.00000259. The Morgan fingerprint density at radius 2 is 1.52 bits per heavy atom. The fraction of sp³-hybridized carbons (Fsp3) is 0.175. The van der Waals surface area contributed by atoms with Crippen LogP contribution in [-0.2, 0) is 33.7 Å². The molecule has 0 spiro atoms. The number of aromatic nitrogens is 3. The number of nitrogens with one attached hydrogen (secondary N) is 4. The van der Waals surface area contributed by atoms with Gasteiger partial charge in [-0.15, -0.1) is 0 Å². The van der Waals surface area contributed by atoms with Gasteiger partial charge in [0.25, 0.3) is 0 Å². The predicted molar refractivity (Wildman–Crippen MR) is 218 cm³/mol. The van der Waals surface area contributed by atoms with E-state index in [-0.39, 0.29) is 182 Å². The first-order valence-corrected chi connectivity index (χ1v) is 21.9. The van der Waals surface area contributed by atoms with Crippen molar-refractivity contribution in [2.24, 2.45) is 5.92 Å². The summed E-state index contributed by atoms with van der Waals surface area (Å²) in [6.07, 6.45) is 0.445. The molecule has 1 amide bonds. The van der Waals surface area contributed by atoms with Gasteiger partial charge in [0.2, 0.25) is 17.8 Å². The van der Waals surface area contributed by atoms with Crippen molar-refractivity contribution in [2.45, 2.75) is 45.5 Å². The van der Waals surface area contributed by atoms with Gasteiger partial charge in [0.05, 0.1) is 63.3 Å². The number of carboxylic acid groups (broad SMARTS) is 1. The van der Waals surface area contributed by atoms with Crippen molar-refractivity contribution in [3.05, 3.63) is 129 Å². The van der Waals surface area contributed by atoms with Gasteiger partial charge in [0.15, 0.2) is 11.6 Å². The number of likely N-dealkylation sites (N-methyl/N-ethyl adjacent to an activating group) is 1. The van der Waals surface area contributed by atoms with Crippen LogP contribution in [0.25, 0.3) is 0 Å². The van der Waals surface area contributed by atoms with Crippen molar-refractivity contribution < 1.29 is 185 Å². The summed E-state index contributed by atoms with van der Waals surface area (Å²) in [6.45, 7) is 0. The third-order valence-electron chi connectivity index (χ3n) is 11.0. The SMILES string of the molecule is CN1C(=O)C(C(=O)c2cccc(SOO[O-])c2)C2C3=C(C(=O)c4ccccc42)C(Nc2cc(Nc4nc(Nc5ccccc5C(=O)[O-])nc(=O)[nH]4)c(S(=O)(=O)[O-])cc2SOO[O-])CCC31.[Na+].[Na+].[Na+].[Na+]. The summed E-state index contributed by atoms with van der Waals surface area (Å²) in [7, 11) is -3.84. The molecule has 3 aliphatic rings. The number of aromatic amines is 1. The number of ketones is 2. The number of rotatable bonds is 16. The van der Waals surface area contributed by atoms with Crippen LogP contribution in [0.3, 0.4) is 0 Å². The van der Waals surface area contributed by atoms with Crippen LogP contribution >= 0.6 is 24.1 Å². The first kappa shape index (κ1) is 59.0. The molecule has 0 saturated carbocycles. The minimum absolute atomic E-state index is 0. The number of likely N-dealkylation sites (tertiary alicyclic amines) is 1. The van der Waals surface area contributed by atoms with Gasteiger partial charge in [0, 0.05) is 45.8 Å². The number of carboxylic acids is 1. The van der Waals surface area contributed by atoms with Crippen LogP contribution in [0.4, 0.5) is 29.0 Å². The van der Waals surface area contributed by atoms with E-state index in [4.69, 9.17) is 0 Å². The molecule has 4 unspecified atom stereocenters. The van der Waals surface area contributed by atoms with Crippen LogP contribution in [0.15, 0.2) is 116 Å². The van der Waals surface area contributed by atoms with Gasteiger partial charge < -0.3 is 45.8 Å². The molecule has 5 aromatic rings. The van der Waals surface area contributed by atoms with Crippen molar-refractivity contribution in [1.29, 1.82) is 0 Å². The number of carbonyl (C=O) groups is 4. The molecule has 0 bridgehead atoms.